The molecule has 3 rings (SSSR count). The maximum Gasteiger partial charge on any atom is 0.192 e. The van der Waals surface area contributed by atoms with Gasteiger partial charge in [0.1, 0.15) is 11.6 Å². The average molecular weight is 520 g/mol. The van der Waals surface area contributed by atoms with E-state index < -0.39 is 20.0 Å². The van der Waals surface area contributed by atoms with Crippen molar-refractivity contribution in [1.82, 2.24) is 4.57 Å². The van der Waals surface area contributed by atoms with Gasteiger partial charge in [0.05, 0.1) is 23.2 Å². The normalized spacial score (nSPS) is 13.6. The van der Waals surface area contributed by atoms with Gasteiger partial charge in [-0.3, -0.25) is 4.79 Å². The second-order valence-electron chi connectivity index (χ2n) is 11.3. The van der Waals surface area contributed by atoms with Crippen molar-refractivity contribution >= 4 is 30.8 Å². The van der Waals surface area contributed by atoms with Crippen LogP contribution < -0.4 is 5.43 Å². The zero-order chi connectivity index (χ0) is 26.3. The second kappa shape index (κ2) is 10.2. The molecular formula is C28H36ClF2NO2Si. The predicted molar refractivity (Wildman–Crippen MR) is 144 cm³/mol. The molecule has 0 aliphatic heterocycles. The first-order valence-corrected chi connectivity index (χ1v) is 15.3. The SMILES string of the molecule is Cc1cn([C@@H](CO[Si](C)(C)C(C)(C)C)C(C)C)c2cc(F)c(Cc3cccc(Cl)c3F)cc2c1=O. The third-order valence-electron chi connectivity index (χ3n) is 7.34. The van der Waals surface area contributed by atoms with Crippen LogP contribution in [0.3, 0.4) is 0 Å². The highest BCUT2D eigenvalue weighted by Gasteiger charge is 2.38. The Bertz CT molecular complexity index is 1290. The highest BCUT2D eigenvalue weighted by molar-refractivity contribution is 6.74. The summed E-state index contributed by atoms with van der Waals surface area (Å²) in [6.07, 6.45) is 1.81. The van der Waals surface area contributed by atoms with E-state index in [4.69, 9.17) is 16.0 Å². The van der Waals surface area contributed by atoms with Crippen LogP contribution in [0.2, 0.25) is 23.2 Å². The van der Waals surface area contributed by atoms with E-state index in [9.17, 15) is 9.18 Å². The molecular weight excluding hydrogens is 484 g/mol. The number of aromatic nitrogens is 1. The minimum Gasteiger partial charge on any atom is -0.415 e. The van der Waals surface area contributed by atoms with Gasteiger partial charge in [-0.15, -0.1) is 0 Å². The summed E-state index contributed by atoms with van der Waals surface area (Å²) in [5, 5.41) is 0.470. The molecule has 3 nitrogen and oxygen atoms in total. The van der Waals surface area contributed by atoms with E-state index in [2.05, 4.69) is 47.7 Å². The molecule has 3 aromatic rings. The summed E-state index contributed by atoms with van der Waals surface area (Å²) in [7, 11) is -2.01. The molecule has 7 heteroatoms. The number of benzene rings is 2. The van der Waals surface area contributed by atoms with E-state index in [-0.39, 0.29) is 45.0 Å². The Balaban J connectivity index is 2.11. The summed E-state index contributed by atoms with van der Waals surface area (Å²) < 4.78 is 38.3. The van der Waals surface area contributed by atoms with Crippen LogP contribution >= 0.6 is 11.6 Å². The van der Waals surface area contributed by atoms with Gasteiger partial charge in [0.25, 0.3) is 0 Å². The Morgan fingerprint density at radius 1 is 1.11 bits per heavy atom. The quantitative estimate of drug-likeness (QED) is 0.296. The van der Waals surface area contributed by atoms with E-state index in [1.807, 2.05) is 4.57 Å². The van der Waals surface area contributed by atoms with Crippen LogP contribution in [0, 0.1) is 24.5 Å². The van der Waals surface area contributed by atoms with Crippen LogP contribution in [-0.2, 0) is 10.8 Å². The molecule has 1 atom stereocenters. The summed E-state index contributed by atoms with van der Waals surface area (Å²) in [6, 6.07) is 7.54. The fourth-order valence-corrected chi connectivity index (χ4v) is 5.17. The maximum atomic E-state index is 15.4. The molecule has 1 aromatic heterocycles. The summed E-state index contributed by atoms with van der Waals surface area (Å²) in [4.78, 5) is 13.1. The first-order chi connectivity index (χ1) is 16.1. The minimum absolute atomic E-state index is 0.00361. The van der Waals surface area contributed by atoms with Gasteiger partial charge in [-0.25, -0.2) is 8.78 Å². The van der Waals surface area contributed by atoms with E-state index >= 15 is 4.39 Å². The van der Waals surface area contributed by atoms with Gasteiger partial charge in [0, 0.05) is 23.6 Å². The molecule has 0 unspecified atom stereocenters. The molecule has 0 saturated heterocycles. The monoisotopic (exact) mass is 519 g/mol. The lowest BCUT2D eigenvalue weighted by Gasteiger charge is -2.38. The molecule has 0 aliphatic rings. The molecule has 1 heterocycles. The molecule has 0 radical (unpaired) electrons. The zero-order valence-electron chi connectivity index (χ0n) is 21.9. The molecule has 0 amide bonds. The van der Waals surface area contributed by atoms with Crippen molar-refractivity contribution in [1.29, 1.82) is 0 Å². The lowest BCUT2D eigenvalue weighted by molar-refractivity contribution is 0.198. The van der Waals surface area contributed by atoms with E-state index in [0.29, 0.717) is 23.1 Å². The number of rotatable bonds is 7. The van der Waals surface area contributed by atoms with E-state index in [1.165, 1.54) is 12.1 Å². The zero-order valence-corrected chi connectivity index (χ0v) is 23.7. The number of hydrogen-bond donors (Lipinski definition) is 0. The lowest BCUT2D eigenvalue weighted by atomic mass is 9.99. The second-order valence-corrected chi connectivity index (χ2v) is 16.5. The highest BCUT2D eigenvalue weighted by Crippen LogP contribution is 2.38. The van der Waals surface area contributed by atoms with Crippen LogP contribution in [0.15, 0.2) is 41.3 Å². The van der Waals surface area contributed by atoms with Crippen LogP contribution in [-0.4, -0.2) is 19.5 Å². The van der Waals surface area contributed by atoms with Crippen molar-refractivity contribution < 1.29 is 13.2 Å². The van der Waals surface area contributed by atoms with Crippen LogP contribution in [0.1, 0.15) is 57.4 Å². The first kappa shape index (κ1) is 27.6. The molecule has 0 saturated carbocycles. The standard InChI is InChI=1S/C28H36ClF2NO2Si/c1-17(2)25(16-34-35(7,8)28(4,5)6)32-15-18(3)27(33)21-13-20(23(30)14-24(21)32)12-19-10-9-11-22(29)26(19)31/h9-11,13-15,17,25H,12,16H2,1-8H3/t25-/m0/s1. The number of nitrogens with zero attached hydrogens (tertiary/aromatic N) is 1. The third kappa shape index (κ3) is 5.70. The summed E-state index contributed by atoms with van der Waals surface area (Å²) in [6.45, 7) is 17.5. The molecule has 0 aliphatic carbocycles. The predicted octanol–water partition coefficient (Wildman–Crippen LogP) is 8.05. The van der Waals surface area contributed by atoms with Crippen molar-refractivity contribution in [3.05, 3.63) is 80.1 Å². The van der Waals surface area contributed by atoms with Crippen molar-refractivity contribution in [2.45, 2.75) is 72.1 Å². The molecule has 0 fully saturated rings. The molecule has 0 spiro atoms. The van der Waals surface area contributed by atoms with Crippen LogP contribution in [0.25, 0.3) is 10.9 Å². The smallest absolute Gasteiger partial charge is 0.192 e. The number of pyridine rings is 1. The number of aryl methyl sites for hydroxylation is 1. The lowest BCUT2D eigenvalue weighted by Crippen LogP contribution is -2.42. The van der Waals surface area contributed by atoms with Gasteiger partial charge in [-0.1, -0.05) is 58.4 Å². The van der Waals surface area contributed by atoms with E-state index in [1.54, 1.807) is 31.3 Å². The van der Waals surface area contributed by atoms with Gasteiger partial charge in [0.2, 0.25) is 0 Å². The Kier molecular flexibility index (Phi) is 7.99. The minimum atomic E-state index is -2.01. The summed E-state index contributed by atoms with van der Waals surface area (Å²) in [5.41, 5.74) is 1.47. The summed E-state index contributed by atoms with van der Waals surface area (Å²) in [5.74, 6) is -0.868. The van der Waals surface area contributed by atoms with E-state index in [0.717, 1.165) is 0 Å². The average Bonchev–Trinajstić information content (AvgIpc) is 2.74. The Morgan fingerprint density at radius 2 is 1.77 bits per heavy atom. The van der Waals surface area contributed by atoms with Gasteiger partial charge < -0.3 is 8.99 Å². The summed E-state index contributed by atoms with van der Waals surface area (Å²) >= 11 is 5.90. The Morgan fingerprint density at radius 3 is 2.37 bits per heavy atom. The molecule has 190 valence electrons. The topological polar surface area (TPSA) is 31.2 Å². The van der Waals surface area contributed by atoms with Crippen molar-refractivity contribution in [3.63, 3.8) is 0 Å². The van der Waals surface area contributed by atoms with Gasteiger partial charge in [-0.2, -0.15) is 0 Å². The number of hydrogen-bond acceptors (Lipinski definition) is 2. The van der Waals surface area contributed by atoms with Gasteiger partial charge in [-0.05, 0) is 60.3 Å². The van der Waals surface area contributed by atoms with Gasteiger partial charge in [0.15, 0.2) is 13.7 Å². The van der Waals surface area contributed by atoms with Crippen LogP contribution in [0.4, 0.5) is 8.78 Å². The van der Waals surface area contributed by atoms with Crippen molar-refractivity contribution in [2.75, 3.05) is 6.61 Å². The molecule has 0 N–H and O–H groups in total. The van der Waals surface area contributed by atoms with Gasteiger partial charge >= 0.3 is 0 Å². The first-order valence-electron chi connectivity index (χ1n) is 12.0. The molecule has 2 aromatic carbocycles. The fraction of sp³-hybridized carbons (Fsp3) is 0.464. The Labute approximate surface area is 213 Å². The maximum absolute atomic E-state index is 15.4. The van der Waals surface area contributed by atoms with Crippen molar-refractivity contribution in [3.8, 4) is 0 Å². The Hall–Kier alpha value is -2.02. The number of halogens is 3. The fourth-order valence-electron chi connectivity index (χ4n) is 3.96. The van der Waals surface area contributed by atoms with Crippen LogP contribution in [0.5, 0.6) is 0 Å². The molecule has 0 bridgehead atoms. The highest BCUT2D eigenvalue weighted by atomic mass is 35.5. The molecule has 35 heavy (non-hydrogen) atoms. The largest absolute Gasteiger partial charge is 0.415 e. The van der Waals surface area contributed by atoms with Crippen molar-refractivity contribution in [2.24, 2.45) is 5.92 Å². The number of fused-ring (bicyclic) bond motifs is 1. The third-order valence-corrected chi connectivity index (χ3v) is 12.1.